The Morgan fingerprint density at radius 3 is 2.73 bits per heavy atom. The summed E-state index contributed by atoms with van der Waals surface area (Å²) in [5.41, 5.74) is 3.03. The van der Waals surface area contributed by atoms with Gasteiger partial charge in [0.15, 0.2) is 6.29 Å². The normalized spacial score (nSPS) is 20.9. The number of aldehydes is 1. The fraction of sp³-hybridized carbons (Fsp3) is 0.320. The molecule has 0 amide bonds. The molecule has 0 saturated heterocycles. The lowest BCUT2D eigenvalue weighted by Crippen LogP contribution is -2.38. The monoisotopic (exact) mass is 406 g/mol. The molecule has 2 aromatic carbocycles. The molecule has 4 nitrogen and oxygen atoms in total. The molecule has 0 saturated carbocycles. The van der Waals surface area contributed by atoms with Crippen LogP contribution in [0.1, 0.15) is 49.9 Å². The minimum atomic E-state index is -0.406. The van der Waals surface area contributed by atoms with Crippen molar-refractivity contribution in [2.45, 2.75) is 51.4 Å². The lowest BCUT2D eigenvalue weighted by molar-refractivity contribution is -0.105. The van der Waals surface area contributed by atoms with E-state index < -0.39 is 6.17 Å². The Morgan fingerprint density at radius 1 is 1.23 bits per heavy atom. The summed E-state index contributed by atoms with van der Waals surface area (Å²) < 4.78 is 20.9. The SMILES string of the molecule is CCC1=C(C=O)NC(c2ccc(OCc3ccccc3)cc2F)N1C1C=CCCC1. The molecule has 4 rings (SSSR count). The molecule has 1 aliphatic heterocycles. The van der Waals surface area contributed by atoms with Gasteiger partial charge in [-0.25, -0.2) is 4.39 Å². The zero-order valence-corrected chi connectivity index (χ0v) is 17.2. The number of nitrogens with zero attached hydrogens (tertiary/aromatic N) is 1. The van der Waals surface area contributed by atoms with Crippen LogP contribution in [0.2, 0.25) is 0 Å². The summed E-state index contributed by atoms with van der Waals surface area (Å²) in [5, 5.41) is 3.25. The van der Waals surface area contributed by atoms with E-state index in [0.29, 0.717) is 30.0 Å². The van der Waals surface area contributed by atoms with E-state index in [1.165, 1.54) is 6.07 Å². The number of nitrogens with one attached hydrogen (secondary N) is 1. The number of carbonyl (C=O) groups excluding carboxylic acids is 1. The molecule has 0 fully saturated rings. The van der Waals surface area contributed by atoms with Crippen LogP contribution in [0.5, 0.6) is 5.75 Å². The molecule has 1 aliphatic carbocycles. The summed E-state index contributed by atoms with van der Waals surface area (Å²) in [4.78, 5) is 13.8. The number of halogens is 1. The van der Waals surface area contributed by atoms with Crippen LogP contribution in [-0.2, 0) is 11.4 Å². The van der Waals surface area contributed by atoms with Crippen LogP contribution in [0.3, 0.4) is 0 Å². The number of rotatable bonds is 7. The van der Waals surface area contributed by atoms with Crippen LogP contribution in [0.15, 0.2) is 72.1 Å². The molecular formula is C25H27FN2O2. The fourth-order valence-electron chi connectivity index (χ4n) is 4.28. The molecule has 30 heavy (non-hydrogen) atoms. The van der Waals surface area contributed by atoms with Gasteiger partial charge in [-0.3, -0.25) is 4.79 Å². The number of hydrogen-bond donors (Lipinski definition) is 1. The zero-order valence-electron chi connectivity index (χ0n) is 17.2. The quantitative estimate of drug-likeness (QED) is 0.504. The highest BCUT2D eigenvalue weighted by atomic mass is 19.1. The van der Waals surface area contributed by atoms with Gasteiger partial charge in [0.1, 0.15) is 24.3 Å². The summed E-state index contributed by atoms with van der Waals surface area (Å²) in [5.74, 6) is 0.145. The maximum absolute atomic E-state index is 15.2. The topological polar surface area (TPSA) is 41.6 Å². The van der Waals surface area contributed by atoms with Gasteiger partial charge in [-0.2, -0.15) is 0 Å². The van der Waals surface area contributed by atoms with Crippen molar-refractivity contribution in [2.75, 3.05) is 0 Å². The average Bonchev–Trinajstić information content (AvgIpc) is 3.17. The van der Waals surface area contributed by atoms with Crippen LogP contribution < -0.4 is 10.1 Å². The van der Waals surface area contributed by atoms with Crippen molar-refractivity contribution in [3.05, 3.63) is 89.0 Å². The Labute approximate surface area is 177 Å². The van der Waals surface area contributed by atoms with E-state index in [1.807, 2.05) is 37.3 Å². The van der Waals surface area contributed by atoms with E-state index in [1.54, 1.807) is 12.1 Å². The van der Waals surface area contributed by atoms with Crippen molar-refractivity contribution in [1.29, 1.82) is 0 Å². The first-order valence-corrected chi connectivity index (χ1v) is 10.6. The lowest BCUT2D eigenvalue weighted by atomic mass is 9.99. The second-order valence-corrected chi connectivity index (χ2v) is 7.67. The van der Waals surface area contributed by atoms with Crippen LogP contribution in [0, 0.1) is 5.82 Å². The molecule has 0 spiro atoms. The van der Waals surface area contributed by atoms with Gasteiger partial charge in [0.2, 0.25) is 0 Å². The molecule has 2 aromatic rings. The molecule has 0 aromatic heterocycles. The number of benzene rings is 2. The molecule has 1 N–H and O–H groups in total. The number of allylic oxidation sites excluding steroid dienone is 3. The minimum Gasteiger partial charge on any atom is -0.489 e. The zero-order chi connectivity index (χ0) is 20.9. The largest absolute Gasteiger partial charge is 0.489 e. The fourth-order valence-corrected chi connectivity index (χ4v) is 4.28. The smallest absolute Gasteiger partial charge is 0.167 e. The van der Waals surface area contributed by atoms with Crippen molar-refractivity contribution in [2.24, 2.45) is 0 Å². The van der Waals surface area contributed by atoms with Gasteiger partial charge in [-0.1, -0.05) is 49.4 Å². The van der Waals surface area contributed by atoms with Crippen molar-refractivity contribution in [1.82, 2.24) is 10.2 Å². The van der Waals surface area contributed by atoms with E-state index in [9.17, 15) is 4.79 Å². The van der Waals surface area contributed by atoms with Crippen LogP contribution in [0.4, 0.5) is 4.39 Å². The third-order valence-corrected chi connectivity index (χ3v) is 5.75. The minimum absolute atomic E-state index is 0.150. The van der Waals surface area contributed by atoms with Gasteiger partial charge in [-0.15, -0.1) is 0 Å². The summed E-state index contributed by atoms with van der Waals surface area (Å²) in [6, 6.07) is 14.9. The first kappa shape index (κ1) is 20.2. The number of hydrogen-bond acceptors (Lipinski definition) is 4. The van der Waals surface area contributed by atoms with E-state index >= 15 is 4.39 Å². The molecule has 1 heterocycles. The standard InChI is InChI=1S/C25H27FN2O2/c1-2-24-23(16-29)27-25(28(24)19-11-7-4-8-12-19)21-14-13-20(15-22(21)26)30-17-18-9-5-3-6-10-18/h3,5-7,9-11,13-16,19,25,27H,2,4,8,12,17H2,1H3. The van der Waals surface area contributed by atoms with Gasteiger partial charge in [0, 0.05) is 23.4 Å². The predicted molar refractivity (Wildman–Crippen MR) is 115 cm³/mol. The van der Waals surface area contributed by atoms with Gasteiger partial charge in [-0.05, 0) is 43.4 Å². The van der Waals surface area contributed by atoms with Crippen molar-refractivity contribution >= 4 is 6.29 Å². The summed E-state index contributed by atoms with van der Waals surface area (Å²) >= 11 is 0. The molecule has 5 heteroatoms. The Morgan fingerprint density at radius 2 is 2.07 bits per heavy atom. The summed E-state index contributed by atoms with van der Waals surface area (Å²) in [6.45, 7) is 2.41. The van der Waals surface area contributed by atoms with Gasteiger partial charge < -0.3 is 15.0 Å². The van der Waals surface area contributed by atoms with Gasteiger partial charge in [0.25, 0.3) is 0 Å². The number of carbonyl (C=O) groups is 1. The van der Waals surface area contributed by atoms with E-state index in [0.717, 1.165) is 36.8 Å². The van der Waals surface area contributed by atoms with Gasteiger partial charge in [0.05, 0.1) is 5.70 Å². The van der Waals surface area contributed by atoms with E-state index in [4.69, 9.17) is 4.74 Å². The van der Waals surface area contributed by atoms with Gasteiger partial charge >= 0.3 is 0 Å². The Hall–Kier alpha value is -3.08. The van der Waals surface area contributed by atoms with Crippen molar-refractivity contribution in [3.8, 4) is 5.75 Å². The third kappa shape index (κ3) is 4.11. The molecular weight excluding hydrogens is 379 g/mol. The van der Waals surface area contributed by atoms with Crippen molar-refractivity contribution < 1.29 is 13.9 Å². The van der Waals surface area contributed by atoms with Crippen LogP contribution >= 0.6 is 0 Å². The number of ether oxygens (including phenoxy) is 1. The maximum Gasteiger partial charge on any atom is 0.167 e. The summed E-state index contributed by atoms with van der Waals surface area (Å²) in [7, 11) is 0. The molecule has 0 radical (unpaired) electrons. The molecule has 2 aliphatic rings. The predicted octanol–water partition coefficient (Wildman–Crippen LogP) is 5.24. The second-order valence-electron chi connectivity index (χ2n) is 7.67. The lowest BCUT2D eigenvalue weighted by Gasteiger charge is -2.36. The molecule has 0 bridgehead atoms. The highest BCUT2D eigenvalue weighted by Crippen LogP contribution is 2.38. The first-order valence-electron chi connectivity index (χ1n) is 10.6. The van der Waals surface area contributed by atoms with Crippen LogP contribution in [0.25, 0.3) is 0 Å². The van der Waals surface area contributed by atoms with E-state index in [-0.39, 0.29) is 11.9 Å². The molecule has 2 atom stereocenters. The highest BCUT2D eigenvalue weighted by Gasteiger charge is 2.36. The Balaban J connectivity index is 1.57. The second kappa shape index (κ2) is 9.16. The molecule has 156 valence electrons. The Bertz CT molecular complexity index is 955. The maximum atomic E-state index is 15.2. The summed E-state index contributed by atoms with van der Waals surface area (Å²) in [6.07, 6.45) is 8.64. The average molecular weight is 407 g/mol. The van der Waals surface area contributed by atoms with Crippen molar-refractivity contribution in [3.63, 3.8) is 0 Å². The van der Waals surface area contributed by atoms with E-state index in [2.05, 4.69) is 22.4 Å². The van der Waals surface area contributed by atoms with Crippen LogP contribution in [-0.4, -0.2) is 17.2 Å². The Kier molecular flexibility index (Phi) is 6.17. The first-order chi connectivity index (χ1) is 14.7. The highest BCUT2D eigenvalue weighted by molar-refractivity contribution is 5.74. The third-order valence-electron chi connectivity index (χ3n) is 5.75. The molecule has 2 unspecified atom stereocenters.